The average Bonchev–Trinajstić information content (AvgIpc) is 2.25. The molecule has 0 aliphatic heterocycles. The molecule has 0 radical (unpaired) electrons. The van der Waals surface area contributed by atoms with Crippen molar-refractivity contribution in [3.8, 4) is 5.75 Å². The van der Waals surface area contributed by atoms with Crippen molar-refractivity contribution in [1.29, 1.82) is 0 Å². The molecular weight excluding hydrogens is 195 g/mol. The molecular formula is C12H15FO2. The van der Waals surface area contributed by atoms with E-state index < -0.39 is 5.82 Å². The van der Waals surface area contributed by atoms with Crippen molar-refractivity contribution in [1.82, 2.24) is 0 Å². The smallest absolute Gasteiger partial charge is 0.165 e. The number of carbonyl (C=O) groups is 1. The summed E-state index contributed by atoms with van der Waals surface area (Å²) < 4.78 is 18.3. The minimum atomic E-state index is -0.504. The van der Waals surface area contributed by atoms with Crippen molar-refractivity contribution in [2.45, 2.75) is 26.2 Å². The van der Waals surface area contributed by atoms with Gasteiger partial charge in [0.05, 0.1) is 12.7 Å². The Kier molecular flexibility index (Phi) is 4.28. The molecule has 0 spiro atoms. The van der Waals surface area contributed by atoms with Crippen LogP contribution in [-0.4, -0.2) is 12.9 Å². The van der Waals surface area contributed by atoms with Gasteiger partial charge in [-0.25, -0.2) is 4.39 Å². The maximum absolute atomic E-state index is 13.4. The zero-order valence-electron chi connectivity index (χ0n) is 9.05. The van der Waals surface area contributed by atoms with Crippen LogP contribution in [0.3, 0.4) is 0 Å². The lowest BCUT2D eigenvalue weighted by Crippen LogP contribution is -2.02. The molecule has 82 valence electrons. The fourth-order valence-electron chi connectivity index (χ4n) is 1.32. The highest BCUT2D eigenvalue weighted by Crippen LogP contribution is 2.18. The first-order valence-corrected chi connectivity index (χ1v) is 5.05. The number of ketones is 1. The van der Waals surface area contributed by atoms with Crippen LogP contribution in [0.15, 0.2) is 18.2 Å². The van der Waals surface area contributed by atoms with Crippen LogP contribution in [-0.2, 0) is 0 Å². The number of halogens is 1. The molecule has 0 saturated heterocycles. The van der Waals surface area contributed by atoms with Crippen LogP contribution >= 0.6 is 0 Å². The van der Waals surface area contributed by atoms with Crippen molar-refractivity contribution in [3.63, 3.8) is 0 Å². The highest BCUT2D eigenvalue weighted by Gasteiger charge is 2.11. The summed E-state index contributed by atoms with van der Waals surface area (Å²) in [5.74, 6) is -0.216. The minimum absolute atomic E-state index is 0.142. The SMILES string of the molecule is CCCCC(=O)c1ccc(OC)cc1F. The molecule has 0 heterocycles. The molecule has 1 aromatic carbocycles. The Morgan fingerprint density at radius 3 is 2.73 bits per heavy atom. The van der Waals surface area contributed by atoms with Crippen molar-refractivity contribution < 1.29 is 13.9 Å². The predicted octanol–water partition coefficient (Wildman–Crippen LogP) is 3.21. The van der Waals surface area contributed by atoms with Crippen molar-refractivity contribution in [2.75, 3.05) is 7.11 Å². The fraction of sp³-hybridized carbons (Fsp3) is 0.417. The Labute approximate surface area is 89.1 Å². The van der Waals surface area contributed by atoms with Gasteiger partial charge in [-0.3, -0.25) is 4.79 Å². The molecule has 0 bridgehead atoms. The fourth-order valence-corrected chi connectivity index (χ4v) is 1.32. The number of carbonyl (C=O) groups excluding carboxylic acids is 1. The number of ether oxygens (including phenoxy) is 1. The Balaban J connectivity index is 2.81. The van der Waals surface area contributed by atoms with Gasteiger partial charge in [0.1, 0.15) is 11.6 Å². The molecule has 3 heteroatoms. The monoisotopic (exact) mass is 210 g/mol. The van der Waals surface area contributed by atoms with Crippen LogP contribution in [0.1, 0.15) is 36.5 Å². The van der Waals surface area contributed by atoms with E-state index in [9.17, 15) is 9.18 Å². The number of rotatable bonds is 5. The summed E-state index contributed by atoms with van der Waals surface area (Å²) in [6.45, 7) is 2.00. The van der Waals surface area contributed by atoms with E-state index in [0.717, 1.165) is 12.8 Å². The van der Waals surface area contributed by atoms with Crippen LogP contribution < -0.4 is 4.74 Å². The van der Waals surface area contributed by atoms with Crippen molar-refractivity contribution in [3.05, 3.63) is 29.6 Å². The summed E-state index contributed by atoms with van der Waals surface area (Å²) in [4.78, 5) is 11.5. The Morgan fingerprint density at radius 2 is 2.20 bits per heavy atom. The van der Waals surface area contributed by atoms with Crippen LogP contribution in [0.5, 0.6) is 5.75 Å². The number of hydrogen-bond donors (Lipinski definition) is 0. The van der Waals surface area contributed by atoms with E-state index in [1.165, 1.54) is 19.2 Å². The second-order valence-corrected chi connectivity index (χ2v) is 3.37. The highest BCUT2D eigenvalue weighted by molar-refractivity contribution is 5.96. The van der Waals surface area contributed by atoms with E-state index in [1.54, 1.807) is 6.07 Å². The van der Waals surface area contributed by atoms with Crippen LogP contribution in [0.4, 0.5) is 4.39 Å². The van der Waals surface area contributed by atoms with E-state index in [-0.39, 0.29) is 11.3 Å². The number of benzene rings is 1. The van der Waals surface area contributed by atoms with E-state index in [4.69, 9.17) is 4.74 Å². The van der Waals surface area contributed by atoms with Crippen LogP contribution in [0, 0.1) is 5.82 Å². The van der Waals surface area contributed by atoms with Gasteiger partial charge < -0.3 is 4.74 Å². The average molecular weight is 210 g/mol. The lowest BCUT2D eigenvalue weighted by molar-refractivity contribution is 0.0976. The third-order valence-corrected chi connectivity index (χ3v) is 2.23. The van der Waals surface area contributed by atoms with Crippen LogP contribution in [0.25, 0.3) is 0 Å². The number of Topliss-reactive ketones (excluding diaryl/α,β-unsaturated/α-hetero) is 1. The Morgan fingerprint density at radius 1 is 1.47 bits per heavy atom. The highest BCUT2D eigenvalue weighted by atomic mass is 19.1. The summed E-state index contributed by atoms with van der Waals surface area (Å²) >= 11 is 0. The molecule has 0 aromatic heterocycles. The predicted molar refractivity (Wildman–Crippen MR) is 56.8 cm³/mol. The summed E-state index contributed by atoms with van der Waals surface area (Å²) in [5, 5.41) is 0. The molecule has 0 aliphatic rings. The molecule has 2 nitrogen and oxygen atoms in total. The first-order chi connectivity index (χ1) is 7.19. The summed E-state index contributed by atoms with van der Waals surface area (Å²) in [7, 11) is 1.47. The molecule has 0 unspecified atom stereocenters. The van der Waals surface area contributed by atoms with Gasteiger partial charge in [0.2, 0.25) is 0 Å². The lowest BCUT2D eigenvalue weighted by Gasteiger charge is -2.04. The van der Waals surface area contributed by atoms with Gasteiger partial charge in [0, 0.05) is 12.5 Å². The molecule has 1 aromatic rings. The second kappa shape index (κ2) is 5.49. The molecule has 0 fully saturated rings. The quantitative estimate of drug-likeness (QED) is 0.697. The van der Waals surface area contributed by atoms with Gasteiger partial charge in [-0.1, -0.05) is 13.3 Å². The van der Waals surface area contributed by atoms with Crippen molar-refractivity contribution >= 4 is 5.78 Å². The Hall–Kier alpha value is -1.38. The molecule has 0 amide bonds. The molecule has 15 heavy (non-hydrogen) atoms. The first-order valence-electron chi connectivity index (χ1n) is 5.05. The van der Waals surface area contributed by atoms with E-state index in [1.807, 2.05) is 6.92 Å². The van der Waals surface area contributed by atoms with Gasteiger partial charge >= 0.3 is 0 Å². The van der Waals surface area contributed by atoms with Crippen molar-refractivity contribution in [2.24, 2.45) is 0 Å². The van der Waals surface area contributed by atoms with Crippen LogP contribution in [0.2, 0.25) is 0 Å². The second-order valence-electron chi connectivity index (χ2n) is 3.37. The summed E-state index contributed by atoms with van der Waals surface area (Å²) in [6, 6.07) is 4.31. The van der Waals surface area contributed by atoms with Gasteiger partial charge in [0.25, 0.3) is 0 Å². The summed E-state index contributed by atoms with van der Waals surface area (Å²) in [6.07, 6.45) is 2.13. The van der Waals surface area contributed by atoms with Gasteiger partial charge in [-0.15, -0.1) is 0 Å². The molecule has 0 atom stereocenters. The topological polar surface area (TPSA) is 26.3 Å². The first kappa shape index (κ1) is 11.7. The van der Waals surface area contributed by atoms with Gasteiger partial charge in [0.15, 0.2) is 5.78 Å². The van der Waals surface area contributed by atoms with Gasteiger partial charge in [-0.05, 0) is 18.6 Å². The molecule has 0 N–H and O–H groups in total. The largest absolute Gasteiger partial charge is 0.497 e. The summed E-state index contributed by atoms with van der Waals surface area (Å²) in [5.41, 5.74) is 0.157. The van der Waals surface area contributed by atoms with Gasteiger partial charge in [-0.2, -0.15) is 0 Å². The van der Waals surface area contributed by atoms with E-state index in [2.05, 4.69) is 0 Å². The zero-order chi connectivity index (χ0) is 11.3. The molecule has 0 saturated carbocycles. The zero-order valence-corrected chi connectivity index (χ0v) is 9.05. The minimum Gasteiger partial charge on any atom is -0.497 e. The number of unbranched alkanes of at least 4 members (excludes halogenated alkanes) is 1. The number of hydrogen-bond acceptors (Lipinski definition) is 2. The maximum Gasteiger partial charge on any atom is 0.165 e. The van der Waals surface area contributed by atoms with E-state index >= 15 is 0 Å². The molecule has 0 aliphatic carbocycles. The molecule has 1 rings (SSSR count). The lowest BCUT2D eigenvalue weighted by atomic mass is 10.1. The van der Waals surface area contributed by atoms with E-state index in [0.29, 0.717) is 12.2 Å². The normalized spacial score (nSPS) is 10.1. The third-order valence-electron chi connectivity index (χ3n) is 2.23. The Bertz CT molecular complexity index is 347. The number of methoxy groups -OCH3 is 1. The standard InChI is InChI=1S/C12H15FO2/c1-3-4-5-12(14)10-7-6-9(15-2)8-11(10)13/h6-8H,3-5H2,1-2H3. The third kappa shape index (κ3) is 3.05. The maximum atomic E-state index is 13.4.